The van der Waals surface area contributed by atoms with E-state index >= 15 is 0 Å². The lowest BCUT2D eigenvalue weighted by atomic mass is 10.0. The van der Waals surface area contributed by atoms with Gasteiger partial charge in [-0.05, 0) is 36.6 Å². The topological polar surface area (TPSA) is 68.5 Å². The van der Waals surface area contributed by atoms with E-state index in [1.807, 2.05) is 54.6 Å². The van der Waals surface area contributed by atoms with Crippen LogP contribution in [-0.4, -0.2) is 34.2 Å². The van der Waals surface area contributed by atoms with Crippen molar-refractivity contribution >= 4 is 5.91 Å². The number of benzene rings is 2. The molecule has 1 atom stereocenters. The molecule has 0 saturated heterocycles. The van der Waals surface area contributed by atoms with E-state index in [1.54, 1.807) is 11.9 Å². The number of aryl methyl sites for hydroxylation is 1. The highest BCUT2D eigenvalue weighted by atomic mass is 16.5. The lowest BCUT2D eigenvalue weighted by Gasteiger charge is -2.28. The highest BCUT2D eigenvalue weighted by Crippen LogP contribution is 2.28. The fraction of sp³-hybridized carbons (Fsp3) is 0.250. The van der Waals surface area contributed by atoms with Gasteiger partial charge >= 0.3 is 0 Å². The molecule has 6 nitrogen and oxygen atoms in total. The maximum atomic E-state index is 12.7. The molecule has 0 fully saturated rings. The molecule has 1 aliphatic heterocycles. The molecule has 0 spiro atoms. The third-order valence-corrected chi connectivity index (χ3v) is 4.43. The van der Waals surface area contributed by atoms with Gasteiger partial charge in [-0.3, -0.25) is 4.79 Å². The molecule has 2 aromatic carbocycles. The average Bonchev–Trinajstić information content (AvgIpc) is 3.16. The molecule has 1 aromatic heterocycles. The van der Waals surface area contributed by atoms with Crippen molar-refractivity contribution in [3.8, 4) is 17.2 Å². The van der Waals surface area contributed by atoms with Gasteiger partial charge in [-0.1, -0.05) is 36.4 Å². The third-order valence-electron chi connectivity index (χ3n) is 4.43. The van der Waals surface area contributed by atoms with E-state index in [-0.39, 0.29) is 12.5 Å². The number of fused-ring (bicyclic) bond motifs is 1. The molecule has 3 aromatic rings. The van der Waals surface area contributed by atoms with Crippen molar-refractivity contribution in [2.75, 3.05) is 7.05 Å². The van der Waals surface area contributed by atoms with Crippen molar-refractivity contribution in [2.45, 2.75) is 25.5 Å². The van der Waals surface area contributed by atoms with E-state index in [9.17, 15) is 4.79 Å². The van der Waals surface area contributed by atoms with E-state index in [0.29, 0.717) is 18.2 Å². The Kier molecular flexibility index (Phi) is 4.39. The lowest BCUT2D eigenvalue weighted by molar-refractivity contribution is -0.138. The molecular formula is C20H19N3O3. The second kappa shape index (κ2) is 7.00. The number of para-hydroxylation sites is 1. The first kappa shape index (κ1) is 16.3. The number of carbonyl (C=O) groups is 1. The largest absolute Gasteiger partial charge is 0.480 e. The van der Waals surface area contributed by atoms with Gasteiger partial charge < -0.3 is 14.1 Å². The highest BCUT2D eigenvalue weighted by molar-refractivity contribution is 5.81. The molecule has 0 bridgehead atoms. The zero-order valence-electron chi connectivity index (χ0n) is 14.5. The number of amides is 1. The molecule has 0 unspecified atom stereocenters. The predicted molar refractivity (Wildman–Crippen MR) is 95.4 cm³/mol. The van der Waals surface area contributed by atoms with Crippen molar-refractivity contribution < 1.29 is 13.9 Å². The zero-order valence-corrected chi connectivity index (χ0v) is 14.5. The molecule has 6 heteroatoms. The minimum atomic E-state index is -0.480. The van der Waals surface area contributed by atoms with Crippen LogP contribution >= 0.6 is 0 Å². The summed E-state index contributed by atoms with van der Waals surface area (Å²) in [5.74, 6) is 1.55. The van der Waals surface area contributed by atoms with Gasteiger partial charge in [-0.15, -0.1) is 10.2 Å². The van der Waals surface area contributed by atoms with E-state index in [0.717, 1.165) is 23.3 Å². The van der Waals surface area contributed by atoms with Crippen molar-refractivity contribution in [1.29, 1.82) is 0 Å². The number of rotatable bonds is 4. The van der Waals surface area contributed by atoms with Gasteiger partial charge in [-0.2, -0.15) is 0 Å². The van der Waals surface area contributed by atoms with Gasteiger partial charge in [0.15, 0.2) is 6.10 Å². The Morgan fingerprint density at radius 2 is 1.88 bits per heavy atom. The monoisotopic (exact) mass is 349 g/mol. The summed E-state index contributed by atoms with van der Waals surface area (Å²) in [6, 6.07) is 17.4. The zero-order chi connectivity index (χ0) is 17.9. The molecule has 132 valence electrons. The molecule has 4 rings (SSSR count). The van der Waals surface area contributed by atoms with Crippen molar-refractivity contribution in [3.05, 3.63) is 66.1 Å². The molecular weight excluding hydrogens is 330 g/mol. The first-order chi connectivity index (χ1) is 12.7. The summed E-state index contributed by atoms with van der Waals surface area (Å²) in [6.45, 7) is 0.250. The van der Waals surface area contributed by atoms with E-state index in [1.165, 1.54) is 0 Å². The Bertz CT molecular complexity index is 907. The van der Waals surface area contributed by atoms with Crippen LogP contribution in [0.2, 0.25) is 0 Å². The van der Waals surface area contributed by atoms with Crippen LogP contribution in [0.5, 0.6) is 5.75 Å². The SMILES string of the molecule is CN(Cc1nnc(-c2ccccc2)o1)C(=O)[C@H]1CCc2ccccc2O1. The molecule has 0 saturated carbocycles. The first-order valence-electron chi connectivity index (χ1n) is 8.58. The fourth-order valence-corrected chi connectivity index (χ4v) is 3.04. The quantitative estimate of drug-likeness (QED) is 0.724. The fourth-order valence-electron chi connectivity index (χ4n) is 3.04. The van der Waals surface area contributed by atoms with E-state index in [4.69, 9.17) is 9.15 Å². The van der Waals surface area contributed by atoms with Crippen LogP contribution in [0.1, 0.15) is 17.9 Å². The van der Waals surface area contributed by atoms with Gasteiger partial charge in [0.2, 0.25) is 11.8 Å². The molecule has 26 heavy (non-hydrogen) atoms. The number of aromatic nitrogens is 2. The van der Waals surface area contributed by atoms with Crippen LogP contribution in [0.4, 0.5) is 0 Å². The molecule has 0 N–H and O–H groups in total. The number of carbonyl (C=O) groups excluding carboxylic acids is 1. The standard InChI is InChI=1S/C20H19N3O3/c1-23(13-18-21-22-19(26-18)15-8-3-2-4-9-15)20(24)17-12-11-14-7-5-6-10-16(14)25-17/h2-10,17H,11-13H2,1H3/t17-/m1/s1. The molecule has 2 heterocycles. The van der Waals surface area contributed by atoms with Crippen LogP contribution in [0.25, 0.3) is 11.5 Å². The van der Waals surface area contributed by atoms with E-state index < -0.39 is 6.10 Å². The van der Waals surface area contributed by atoms with Crippen molar-refractivity contribution in [1.82, 2.24) is 15.1 Å². The third kappa shape index (κ3) is 3.31. The van der Waals surface area contributed by atoms with Gasteiger partial charge in [0.25, 0.3) is 5.91 Å². The molecule has 1 aliphatic rings. The molecule has 0 aliphatic carbocycles. The van der Waals surface area contributed by atoms with Crippen LogP contribution in [0.15, 0.2) is 59.0 Å². The summed E-state index contributed by atoms with van der Waals surface area (Å²) >= 11 is 0. The second-order valence-electron chi connectivity index (χ2n) is 6.31. The molecule has 1 amide bonds. The summed E-state index contributed by atoms with van der Waals surface area (Å²) in [6.07, 6.45) is 1.02. The summed E-state index contributed by atoms with van der Waals surface area (Å²) in [4.78, 5) is 14.3. The van der Waals surface area contributed by atoms with Gasteiger partial charge in [-0.25, -0.2) is 0 Å². The van der Waals surface area contributed by atoms with Gasteiger partial charge in [0, 0.05) is 12.6 Å². The maximum Gasteiger partial charge on any atom is 0.263 e. The summed E-state index contributed by atoms with van der Waals surface area (Å²) in [7, 11) is 1.72. The van der Waals surface area contributed by atoms with Crippen LogP contribution < -0.4 is 4.74 Å². The number of nitrogens with zero attached hydrogens (tertiary/aromatic N) is 3. The summed E-state index contributed by atoms with van der Waals surface area (Å²) in [5.41, 5.74) is 2.00. The second-order valence-corrected chi connectivity index (χ2v) is 6.31. The Hall–Kier alpha value is -3.15. The summed E-state index contributed by atoms with van der Waals surface area (Å²) in [5, 5.41) is 8.10. The first-order valence-corrected chi connectivity index (χ1v) is 8.58. The van der Waals surface area contributed by atoms with Gasteiger partial charge in [0.05, 0.1) is 6.54 Å². The van der Waals surface area contributed by atoms with E-state index in [2.05, 4.69) is 10.2 Å². The van der Waals surface area contributed by atoms with Crippen LogP contribution in [0.3, 0.4) is 0 Å². The highest BCUT2D eigenvalue weighted by Gasteiger charge is 2.29. The van der Waals surface area contributed by atoms with Gasteiger partial charge in [0.1, 0.15) is 5.75 Å². The predicted octanol–water partition coefficient (Wildman–Crippen LogP) is 3.09. The number of ether oxygens (including phenoxy) is 1. The minimum absolute atomic E-state index is 0.0843. The Morgan fingerprint density at radius 3 is 2.73 bits per heavy atom. The molecule has 0 radical (unpaired) electrons. The van der Waals surface area contributed by atoms with Crippen LogP contribution in [-0.2, 0) is 17.8 Å². The normalized spacial score (nSPS) is 15.8. The number of likely N-dealkylation sites (N-methyl/N-ethyl adjacent to an activating group) is 1. The Balaban J connectivity index is 1.42. The summed E-state index contributed by atoms with van der Waals surface area (Å²) < 4.78 is 11.5. The smallest absolute Gasteiger partial charge is 0.263 e. The van der Waals surface area contributed by atoms with Crippen molar-refractivity contribution in [3.63, 3.8) is 0 Å². The van der Waals surface area contributed by atoms with Crippen molar-refractivity contribution in [2.24, 2.45) is 0 Å². The Labute approximate surface area is 151 Å². The average molecular weight is 349 g/mol. The maximum absolute atomic E-state index is 12.7. The number of hydrogen-bond donors (Lipinski definition) is 0. The number of hydrogen-bond acceptors (Lipinski definition) is 5. The minimum Gasteiger partial charge on any atom is -0.480 e. The Morgan fingerprint density at radius 1 is 1.12 bits per heavy atom. The van der Waals surface area contributed by atoms with Crippen LogP contribution in [0, 0.1) is 0 Å². The lowest BCUT2D eigenvalue weighted by Crippen LogP contribution is -2.41.